The Hall–Kier alpha value is -3.72. The number of rotatable bonds is 5. The summed E-state index contributed by atoms with van der Waals surface area (Å²) in [5, 5.41) is 14.9. The third kappa shape index (κ3) is 4.47. The van der Waals surface area contributed by atoms with Crippen LogP contribution in [0, 0.1) is 18.3 Å². The lowest BCUT2D eigenvalue weighted by Crippen LogP contribution is -2.16. The first-order chi connectivity index (χ1) is 13.1. The molecular formula is C21H19N5O. The van der Waals surface area contributed by atoms with Gasteiger partial charge in [-0.05, 0) is 55.3 Å². The van der Waals surface area contributed by atoms with Gasteiger partial charge in [0.15, 0.2) is 0 Å². The third-order valence-electron chi connectivity index (χ3n) is 4.00. The van der Waals surface area contributed by atoms with E-state index in [0.717, 1.165) is 23.4 Å². The predicted octanol–water partition coefficient (Wildman–Crippen LogP) is 4.22. The Morgan fingerprint density at radius 3 is 2.56 bits per heavy atom. The van der Waals surface area contributed by atoms with E-state index in [9.17, 15) is 4.79 Å². The van der Waals surface area contributed by atoms with Crippen LogP contribution in [0.2, 0.25) is 0 Å². The van der Waals surface area contributed by atoms with Crippen molar-refractivity contribution in [3.63, 3.8) is 0 Å². The topological polar surface area (TPSA) is 90.7 Å². The van der Waals surface area contributed by atoms with Crippen molar-refractivity contribution < 1.29 is 4.79 Å². The van der Waals surface area contributed by atoms with E-state index >= 15 is 0 Å². The maximum atomic E-state index is 12.7. The average molecular weight is 357 g/mol. The number of nitrogens with zero attached hydrogens (tertiary/aromatic N) is 3. The first-order valence-corrected chi connectivity index (χ1v) is 8.61. The molecule has 1 amide bonds. The second-order valence-corrected chi connectivity index (χ2v) is 6.00. The molecule has 0 atom stereocenters. The molecule has 0 radical (unpaired) electrons. The lowest BCUT2D eigenvalue weighted by molar-refractivity contribution is 0.102. The molecule has 0 saturated carbocycles. The van der Waals surface area contributed by atoms with Gasteiger partial charge in [-0.25, -0.2) is 9.97 Å². The Balaban J connectivity index is 1.81. The summed E-state index contributed by atoms with van der Waals surface area (Å²) in [6, 6.07) is 18.3. The van der Waals surface area contributed by atoms with Crippen molar-refractivity contribution in [2.75, 3.05) is 10.6 Å². The molecule has 134 valence electrons. The van der Waals surface area contributed by atoms with E-state index in [1.54, 1.807) is 30.3 Å². The van der Waals surface area contributed by atoms with Crippen LogP contribution in [0.1, 0.15) is 34.2 Å². The molecule has 0 aliphatic carbocycles. The van der Waals surface area contributed by atoms with Crippen LogP contribution < -0.4 is 10.6 Å². The Morgan fingerprint density at radius 2 is 1.85 bits per heavy atom. The lowest BCUT2D eigenvalue weighted by atomic mass is 10.1. The molecule has 0 spiro atoms. The van der Waals surface area contributed by atoms with Gasteiger partial charge in [0, 0.05) is 17.1 Å². The van der Waals surface area contributed by atoms with Gasteiger partial charge in [0.25, 0.3) is 5.91 Å². The second-order valence-electron chi connectivity index (χ2n) is 6.00. The number of nitriles is 1. The van der Waals surface area contributed by atoms with E-state index < -0.39 is 0 Å². The minimum atomic E-state index is -0.288. The summed E-state index contributed by atoms with van der Waals surface area (Å²) >= 11 is 0. The number of aromatic nitrogens is 2. The molecule has 27 heavy (non-hydrogen) atoms. The van der Waals surface area contributed by atoms with Crippen LogP contribution in [0.3, 0.4) is 0 Å². The SMILES string of the molecule is CCc1ccccc1NC(=O)c1cc(C)nc(Nc2ccc(C#N)cc2)n1. The summed E-state index contributed by atoms with van der Waals surface area (Å²) in [6.07, 6.45) is 0.824. The van der Waals surface area contributed by atoms with Crippen molar-refractivity contribution in [3.05, 3.63) is 77.1 Å². The van der Waals surface area contributed by atoms with E-state index in [0.29, 0.717) is 17.2 Å². The zero-order valence-electron chi connectivity index (χ0n) is 15.2. The van der Waals surface area contributed by atoms with Crippen molar-refractivity contribution in [3.8, 4) is 6.07 Å². The van der Waals surface area contributed by atoms with Crippen molar-refractivity contribution in [1.82, 2.24) is 9.97 Å². The highest BCUT2D eigenvalue weighted by Gasteiger charge is 2.12. The molecule has 0 aliphatic heterocycles. The van der Waals surface area contributed by atoms with Gasteiger partial charge >= 0.3 is 0 Å². The zero-order chi connectivity index (χ0) is 19.2. The Labute approximate surface area is 157 Å². The molecule has 2 aromatic carbocycles. The van der Waals surface area contributed by atoms with Gasteiger partial charge in [-0.1, -0.05) is 25.1 Å². The third-order valence-corrected chi connectivity index (χ3v) is 4.00. The summed E-state index contributed by atoms with van der Waals surface area (Å²) in [6.45, 7) is 3.85. The normalized spacial score (nSPS) is 10.1. The molecule has 2 N–H and O–H groups in total. The number of amides is 1. The van der Waals surface area contributed by atoms with E-state index in [2.05, 4.69) is 26.7 Å². The smallest absolute Gasteiger partial charge is 0.274 e. The van der Waals surface area contributed by atoms with E-state index in [4.69, 9.17) is 5.26 Å². The molecule has 0 saturated heterocycles. The van der Waals surface area contributed by atoms with Gasteiger partial charge in [-0.3, -0.25) is 4.79 Å². The fraction of sp³-hybridized carbons (Fsp3) is 0.143. The van der Waals surface area contributed by atoms with Crippen LogP contribution in [-0.2, 0) is 6.42 Å². The van der Waals surface area contributed by atoms with Crippen LogP contribution in [0.15, 0.2) is 54.6 Å². The Kier molecular flexibility index (Phi) is 5.43. The van der Waals surface area contributed by atoms with Crippen molar-refractivity contribution in [1.29, 1.82) is 5.26 Å². The Morgan fingerprint density at radius 1 is 1.11 bits per heavy atom. The number of hydrogen-bond donors (Lipinski definition) is 2. The van der Waals surface area contributed by atoms with Crippen LogP contribution >= 0.6 is 0 Å². The molecule has 6 heteroatoms. The summed E-state index contributed by atoms with van der Waals surface area (Å²) in [4.78, 5) is 21.3. The summed E-state index contributed by atoms with van der Waals surface area (Å²) in [5.41, 5.74) is 4.11. The highest BCUT2D eigenvalue weighted by molar-refractivity contribution is 6.03. The molecule has 1 heterocycles. The monoisotopic (exact) mass is 357 g/mol. The first kappa shape index (κ1) is 18.1. The summed E-state index contributed by atoms with van der Waals surface area (Å²) in [7, 11) is 0. The first-order valence-electron chi connectivity index (χ1n) is 8.61. The molecule has 0 unspecified atom stereocenters. The number of carbonyl (C=O) groups is 1. The molecule has 3 rings (SSSR count). The van der Waals surface area contributed by atoms with E-state index in [1.165, 1.54) is 0 Å². The van der Waals surface area contributed by atoms with E-state index in [1.807, 2.05) is 38.1 Å². The van der Waals surface area contributed by atoms with Crippen LogP contribution in [-0.4, -0.2) is 15.9 Å². The largest absolute Gasteiger partial charge is 0.324 e. The number of benzene rings is 2. The molecule has 3 aromatic rings. The van der Waals surface area contributed by atoms with Gasteiger partial charge in [0.05, 0.1) is 11.6 Å². The molecular weight excluding hydrogens is 338 g/mol. The summed E-state index contributed by atoms with van der Waals surface area (Å²) < 4.78 is 0. The number of carbonyl (C=O) groups excluding carboxylic acids is 1. The molecule has 0 bridgehead atoms. The molecule has 0 fully saturated rings. The number of anilines is 3. The molecule has 6 nitrogen and oxygen atoms in total. The highest BCUT2D eigenvalue weighted by atomic mass is 16.1. The maximum Gasteiger partial charge on any atom is 0.274 e. The van der Waals surface area contributed by atoms with Gasteiger partial charge in [-0.2, -0.15) is 5.26 Å². The minimum Gasteiger partial charge on any atom is -0.324 e. The standard InChI is InChI=1S/C21H19N5O/c1-3-16-6-4-5-7-18(16)25-20(27)19-12-14(2)23-21(26-19)24-17-10-8-15(13-22)9-11-17/h4-12H,3H2,1-2H3,(H,25,27)(H,23,24,26). The number of hydrogen-bond acceptors (Lipinski definition) is 5. The summed E-state index contributed by atoms with van der Waals surface area (Å²) in [5.74, 6) is 0.0397. The Bertz CT molecular complexity index is 1010. The lowest BCUT2D eigenvalue weighted by Gasteiger charge is -2.11. The number of aryl methyl sites for hydroxylation is 2. The quantitative estimate of drug-likeness (QED) is 0.713. The molecule has 1 aromatic heterocycles. The van der Waals surface area contributed by atoms with Crippen molar-refractivity contribution in [2.24, 2.45) is 0 Å². The second kappa shape index (κ2) is 8.11. The van der Waals surface area contributed by atoms with E-state index in [-0.39, 0.29) is 11.6 Å². The van der Waals surface area contributed by atoms with Gasteiger partial charge < -0.3 is 10.6 Å². The van der Waals surface area contributed by atoms with Gasteiger partial charge in [-0.15, -0.1) is 0 Å². The molecule has 0 aliphatic rings. The fourth-order valence-electron chi connectivity index (χ4n) is 2.63. The van der Waals surface area contributed by atoms with Crippen LogP contribution in [0.25, 0.3) is 0 Å². The zero-order valence-corrected chi connectivity index (χ0v) is 15.2. The maximum absolute atomic E-state index is 12.7. The van der Waals surface area contributed by atoms with Gasteiger partial charge in [0.1, 0.15) is 5.69 Å². The average Bonchev–Trinajstić information content (AvgIpc) is 2.68. The minimum absolute atomic E-state index is 0.282. The highest BCUT2D eigenvalue weighted by Crippen LogP contribution is 2.18. The van der Waals surface area contributed by atoms with Crippen molar-refractivity contribution in [2.45, 2.75) is 20.3 Å². The van der Waals surface area contributed by atoms with Gasteiger partial charge in [0.2, 0.25) is 5.95 Å². The predicted molar refractivity (Wildman–Crippen MR) is 105 cm³/mol. The van der Waals surface area contributed by atoms with Crippen molar-refractivity contribution >= 4 is 23.2 Å². The fourth-order valence-corrected chi connectivity index (χ4v) is 2.63. The number of nitrogens with one attached hydrogen (secondary N) is 2. The number of para-hydroxylation sites is 1. The van der Waals surface area contributed by atoms with Crippen LogP contribution in [0.4, 0.5) is 17.3 Å². The van der Waals surface area contributed by atoms with Crippen LogP contribution in [0.5, 0.6) is 0 Å².